The summed E-state index contributed by atoms with van der Waals surface area (Å²) in [5.74, 6) is 0. The van der Waals surface area contributed by atoms with Crippen molar-refractivity contribution in [3.8, 4) is 0 Å². The van der Waals surface area contributed by atoms with Crippen LogP contribution in [0, 0.1) is 0 Å². The SMILES string of the molecule is [Co+3].[O-][As]([O-])[O-]. The molecule has 0 heterocycles. The van der Waals surface area contributed by atoms with E-state index in [0.29, 0.717) is 0 Å². The van der Waals surface area contributed by atoms with Crippen LogP contribution in [0.2, 0.25) is 0 Å². The van der Waals surface area contributed by atoms with Crippen molar-refractivity contribution in [1.82, 2.24) is 0 Å². The Bertz CT molecular complexity index is 11.6. The standard InChI is InChI=1S/AsO3.Co/c2-1(3)4;/q-3;+3. The molecule has 0 aromatic rings. The van der Waals surface area contributed by atoms with Gasteiger partial charge in [-0.1, -0.05) is 0 Å². The number of rotatable bonds is 0. The molecule has 0 radical (unpaired) electrons. The van der Waals surface area contributed by atoms with Crippen molar-refractivity contribution in [1.29, 1.82) is 0 Å². The van der Waals surface area contributed by atoms with Gasteiger partial charge in [-0.05, 0) is 0 Å². The Kier molecular flexibility index (Phi) is 9.24. The van der Waals surface area contributed by atoms with Crippen molar-refractivity contribution >= 4 is 15.7 Å². The van der Waals surface area contributed by atoms with Crippen LogP contribution >= 0.6 is 0 Å². The van der Waals surface area contributed by atoms with Gasteiger partial charge in [-0.25, -0.2) is 0 Å². The molecular formula is AsCoO3. The molecule has 0 atom stereocenters. The molecule has 3 nitrogen and oxygen atoms in total. The average molecular weight is 182 g/mol. The molecule has 0 fully saturated rings. The predicted molar refractivity (Wildman–Crippen MR) is 5.75 cm³/mol. The minimum atomic E-state index is -3.94. The first-order valence-corrected chi connectivity index (χ1v) is 2.85. The second-order valence-electron chi connectivity index (χ2n) is 0.224. The van der Waals surface area contributed by atoms with Crippen molar-refractivity contribution in [3.63, 3.8) is 0 Å². The molecule has 0 amide bonds. The normalized spacial score (nSPS) is 7.20. The average Bonchev–Trinajstić information content (AvgIpc) is 0.811. The van der Waals surface area contributed by atoms with Crippen LogP contribution in [0.1, 0.15) is 0 Å². The van der Waals surface area contributed by atoms with E-state index in [1.807, 2.05) is 0 Å². The third-order valence-corrected chi connectivity index (χ3v) is 0. The summed E-state index contributed by atoms with van der Waals surface area (Å²) in [6, 6.07) is 0. The predicted octanol–water partition coefficient (Wildman–Crippen LogP) is -3.95. The molecule has 0 rings (SSSR count). The quantitative estimate of drug-likeness (QED) is 0.359. The Labute approximate surface area is 45.1 Å². The molecule has 0 aromatic carbocycles. The van der Waals surface area contributed by atoms with Crippen LogP contribution < -0.4 is 12.3 Å². The van der Waals surface area contributed by atoms with E-state index in [0.717, 1.165) is 0 Å². The molecule has 0 unspecified atom stereocenters. The van der Waals surface area contributed by atoms with Crippen LogP contribution in [0.4, 0.5) is 0 Å². The molecule has 0 saturated heterocycles. The van der Waals surface area contributed by atoms with Gasteiger partial charge in [0.1, 0.15) is 0 Å². The maximum atomic E-state index is 8.56. The van der Waals surface area contributed by atoms with E-state index in [-0.39, 0.29) is 16.8 Å². The van der Waals surface area contributed by atoms with Gasteiger partial charge in [0.15, 0.2) is 0 Å². The molecule has 0 aliphatic rings. The van der Waals surface area contributed by atoms with Gasteiger partial charge in [0.25, 0.3) is 0 Å². The third kappa shape index (κ3) is 48.0. The minimum absolute atomic E-state index is 0. The van der Waals surface area contributed by atoms with Crippen molar-refractivity contribution in [2.45, 2.75) is 0 Å². The van der Waals surface area contributed by atoms with Gasteiger partial charge >= 0.3 is 44.7 Å². The summed E-state index contributed by atoms with van der Waals surface area (Å²) in [6.45, 7) is 0. The Balaban J connectivity index is 0. The molecule has 0 bridgehead atoms. The Hall–Kier alpha value is 0.945. The monoisotopic (exact) mass is 182 g/mol. The summed E-state index contributed by atoms with van der Waals surface area (Å²) in [4.78, 5) is 0. The maximum absolute atomic E-state index is 8.56. The zero-order valence-corrected chi connectivity index (χ0v) is 4.92. The summed E-state index contributed by atoms with van der Waals surface area (Å²) in [7, 11) is 0. The second kappa shape index (κ2) is 4.94. The topological polar surface area (TPSA) is 69.2 Å². The van der Waals surface area contributed by atoms with E-state index in [9.17, 15) is 0 Å². The zero-order valence-electron chi connectivity index (χ0n) is 2.01. The van der Waals surface area contributed by atoms with Gasteiger partial charge in [0.2, 0.25) is 0 Å². The van der Waals surface area contributed by atoms with Gasteiger partial charge in [-0.15, -0.1) is 0 Å². The Morgan fingerprint density at radius 3 is 1.00 bits per heavy atom. The first-order valence-electron chi connectivity index (χ1n) is 0.548. The van der Waals surface area contributed by atoms with E-state index in [1.54, 1.807) is 0 Å². The molecule has 0 aliphatic heterocycles. The van der Waals surface area contributed by atoms with Crippen LogP contribution in [0.25, 0.3) is 0 Å². The molecule has 0 saturated carbocycles. The fraction of sp³-hybridized carbons (Fsp3) is 0. The van der Waals surface area contributed by atoms with Crippen LogP contribution in [-0.2, 0) is 16.8 Å². The summed E-state index contributed by atoms with van der Waals surface area (Å²) in [5, 5.41) is 0. The van der Waals surface area contributed by atoms with Crippen molar-refractivity contribution in [2.75, 3.05) is 0 Å². The molecule has 0 aliphatic carbocycles. The molecule has 32 valence electrons. The summed E-state index contributed by atoms with van der Waals surface area (Å²) in [6.07, 6.45) is 0. The van der Waals surface area contributed by atoms with Crippen molar-refractivity contribution in [2.24, 2.45) is 0 Å². The Morgan fingerprint density at radius 1 is 1.00 bits per heavy atom. The number of hydrogen-bond acceptors (Lipinski definition) is 3. The van der Waals surface area contributed by atoms with Gasteiger partial charge in [0, 0.05) is 0 Å². The molecule has 5 heavy (non-hydrogen) atoms. The zero-order chi connectivity index (χ0) is 3.58. The van der Waals surface area contributed by atoms with E-state index < -0.39 is 15.7 Å². The first-order chi connectivity index (χ1) is 1.73. The van der Waals surface area contributed by atoms with Crippen LogP contribution in [0.5, 0.6) is 0 Å². The van der Waals surface area contributed by atoms with Crippen LogP contribution in [-0.4, -0.2) is 15.7 Å². The fourth-order valence-corrected chi connectivity index (χ4v) is 0. The summed E-state index contributed by atoms with van der Waals surface area (Å²) in [5.41, 5.74) is 0. The third-order valence-electron chi connectivity index (χ3n) is 0. The van der Waals surface area contributed by atoms with Gasteiger partial charge < -0.3 is 0 Å². The molecule has 0 aromatic heterocycles. The fourth-order valence-electron chi connectivity index (χ4n) is 0. The molecule has 0 spiro atoms. The van der Waals surface area contributed by atoms with Crippen molar-refractivity contribution in [3.05, 3.63) is 0 Å². The molecule has 5 heteroatoms. The van der Waals surface area contributed by atoms with Gasteiger partial charge in [0.05, 0.1) is 0 Å². The van der Waals surface area contributed by atoms with Crippen molar-refractivity contribution < 1.29 is 29.1 Å². The number of hydrogen-bond donors (Lipinski definition) is 0. The summed E-state index contributed by atoms with van der Waals surface area (Å²) < 4.78 is 25.7. The van der Waals surface area contributed by atoms with Crippen LogP contribution in [0.3, 0.4) is 0 Å². The van der Waals surface area contributed by atoms with E-state index >= 15 is 0 Å². The summed E-state index contributed by atoms with van der Waals surface area (Å²) >= 11 is -3.94. The first kappa shape index (κ1) is 9.34. The van der Waals surface area contributed by atoms with Gasteiger partial charge in [-0.3, -0.25) is 0 Å². The second-order valence-corrected chi connectivity index (χ2v) is 1.16. The van der Waals surface area contributed by atoms with Gasteiger partial charge in [-0.2, -0.15) is 0 Å². The van der Waals surface area contributed by atoms with E-state index in [4.69, 9.17) is 12.3 Å². The van der Waals surface area contributed by atoms with E-state index in [1.165, 1.54) is 0 Å². The van der Waals surface area contributed by atoms with E-state index in [2.05, 4.69) is 0 Å². The Morgan fingerprint density at radius 2 is 1.00 bits per heavy atom. The van der Waals surface area contributed by atoms with Crippen LogP contribution in [0.15, 0.2) is 0 Å². The molecular weight excluding hydrogens is 182 g/mol. The molecule has 0 N–H and O–H groups in total.